The standard InChI is InChI=1S/C21H19N3O3/c25-19-14-24(17-10-5-4-9-16(17)23-19)20(26)13-22-21(18-11-6-12-27-18)15-7-2-1-3-8-15/h1-12,21-22H,13-14H2,(H,23,25)/p+1/t21-/m0/s1. The molecule has 0 unspecified atom stereocenters. The quantitative estimate of drug-likeness (QED) is 0.728. The number of carbonyl (C=O) groups is 2. The Hall–Kier alpha value is -3.38. The molecule has 0 saturated heterocycles. The van der Waals surface area contributed by atoms with Crippen LogP contribution >= 0.6 is 0 Å². The van der Waals surface area contributed by atoms with Gasteiger partial charge in [-0.1, -0.05) is 42.5 Å². The highest BCUT2D eigenvalue weighted by molar-refractivity contribution is 6.10. The molecular formula is C21H20N3O3+. The van der Waals surface area contributed by atoms with Crippen molar-refractivity contribution in [2.24, 2.45) is 0 Å². The summed E-state index contributed by atoms with van der Waals surface area (Å²) in [6.45, 7) is 0.225. The summed E-state index contributed by atoms with van der Waals surface area (Å²) in [7, 11) is 0. The second-order valence-corrected chi connectivity index (χ2v) is 6.39. The first-order valence-corrected chi connectivity index (χ1v) is 8.83. The molecule has 2 aromatic carbocycles. The van der Waals surface area contributed by atoms with E-state index >= 15 is 0 Å². The van der Waals surface area contributed by atoms with Crippen molar-refractivity contribution < 1.29 is 19.3 Å². The molecule has 1 aliphatic rings. The predicted octanol–water partition coefficient (Wildman–Crippen LogP) is 1.92. The second-order valence-electron chi connectivity index (χ2n) is 6.39. The molecule has 6 nitrogen and oxygen atoms in total. The van der Waals surface area contributed by atoms with E-state index in [1.807, 2.05) is 66.0 Å². The van der Waals surface area contributed by atoms with Crippen molar-refractivity contribution in [3.63, 3.8) is 0 Å². The van der Waals surface area contributed by atoms with Crippen molar-refractivity contribution in [1.29, 1.82) is 0 Å². The lowest BCUT2D eigenvalue weighted by molar-refractivity contribution is -0.678. The molecule has 2 amide bonds. The Morgan fingerprint density at radius 1 is 1.07 bits per heavy atom. The molecule has 1 aromatic heterocycles. The van der Waals surface area contributed by atoms with Crippen LogP contribution in [0, 0.1) is 0 Å². The number of hydrogen-bond acceptors (Lipinski definition) is 3. The summed E-state index contributed by atoms with van der Waals surface area (Å²) < 4.78 is 5.58. The largest absolute Gasteiger partial charge is 0.463 e. The van der Waals surface area contributed by atoms with E-state index in [9.17, 15) is 9.59 Å². The summed E-state index contributed by atoms with van der Waals surface area (Å²) in [6, 6.07) is 20.9. The Kier molecular flexibility index (Phi) is 4.72. The molecule has 0 saturated carbocycles. The highest BCUT2D eigenvalue weighted by Gasteiger charge is 2.29. The lowest BCUT2D eigenvalue weighted by Gasteiger charge is -2.29. The van der Waals surface area contributed by atoms with Crippen LogP contribution < -0.4 is 15.5 Å². The molecule has 2 heterocycles. The Morgan fingerprint density at radius 2 is 1.85 bits per heavy atom. The number of para-hydroxylation sites is 2. The maximum absolute atomic E-state index is 12.9. The molecule has 1 aliphatic heterocycles. The van der Waals surface area contributed by atoms with E-state index < -0.39 is 0 Å². The van der Waals surface area contributed by atoms with Crippen LogP contribution in [0.25, 0.3) is 0 Å². The predicted molar refractivity (Wildman–Crippen MR) is 101 cm³/mol. The van der Waals surface area contributed by atoms with E-state index in [1.54, 1.807) is 12.3 Å². The number of nitrogens with zero attached hydrogens (tertiary/aromatic N) is 1. The van der Waals surface area contributed by atoms with E-state index in [-0.39, 0.29) is 30.9 Å². The van der Waals surface area contributed by atoms with Gasteiger partial charge in [-0.25, -0.2) is 0 Å². The molecule has 0 fully saturated rings. The van der Waals surface area contributed by atoms with E-state index in [4.69, 9.17) is 4.42 Å². The average molecular weight is 362 g/mol. The zero-order valence-electron chi connectivity index (χ0n) is 14.7. The molecule has 4 rings (SSSR count). The van der Waals surface area contributed by atoms with Crippen LogP contribution in [0.2, 0.25) is 0 Å². The number of rotatable bonds is 5. The van der Waals surface area contributed by atoms with E-state index in [0.717, 1.165) is 17.0 Å². The first kappa shape index (κ1) is 17.1. The van der Waals surface area contributed by atoms with Crippen molar-refractivity contribution in [2.45, 2.75) is 6.04 Å². The summed E-state index contributed by atoms with van der Waals surface area (Å²) in [6.07, 6.45) is 1.63. The molecule has 0 aliphatic carbocycles. The summed E-state index contributed by atoms with van der Waals surface area (Å²) in [5.74, 6) is 0.475. The second kappa shape index (κ2) is 7.47. The minimum Gasteiger partial charge on any atom is -0.463 e. The summed E-state index contributed by atoms with van der Waals surface area (Å²) >= 11 is 0. The number of carbonyl (C=O) groups excluding carboxylic acids is 2. The molecule has 6 heteroatoms. The van der Waals surface area contributed by atoms with Gasteiger partial charge < -0.3 is 15.1 Å². The Labute approximate surface area is 156 Å². The molecule has 0 bridgehead atoms. The van der Waals surface area contributed by atoms with Gasteiger partial charge in [-0.15, -0.1) is 0 Å². The zero-order chi connectivity index (χ0) is 18.6. The van der Waals surface area contributed by atoms with Crippen molar-refractivity contribution in [2.75, 3.05) is 23.3 Å². The van der Waals surface area contributed by atoms with E-state index in [1.165, 1.54) is 4.90 Å². The van der Waals surface area contributed by atoms with Gasteiger partial charge in [-0.05, 0) is 24.3 Å². The van der Waals surface area contributed by atoms with Gasteiger partial charge in [-0.2, -0.15) is 0 Å². The minimum absolute atomic E-state index is 0.0282. The maximum atomic E-state index is 12.9. The van der Waals surface area contributed by atoms with Crippen molar-refractivity contribution >= 4 is 23.2 Å². The molecule has 0 radical (unpaired) electrons. The average Bonchev–Trinajstić information content (AvgIpc) is 3.22. The summed E-state index contributed by atoms with van der Waals surface area (Å²) in [4.78, 5) is 26.4. The minimum atomic E-state index is -0.187. The van der Waals surface area contributed by atoms with Crippen LogP contribution in [-0.2, 0) is 9.59 Å². The number of hydrogen-bond donors (Lipinski definition) is 2. The van der Waals surface area contributed by atoms with Gasteiger partial charge in [0.2, 0.25) is 5.91 Å². The van der Waals surface area contributed by atoms with Crippen LogP contribution in [0.4, 0.5) is 11.4 Å². The number of quaternary nitrogens is 1. The van der Waals surface area contributed by atoms with Crippen molar-refractivity contribution in [3.8, 4) is 0 Å². The molecular weight excluding hydrogens is 342 g/mol. The summed E-state index contributed by atoms with van der Waals surface area (Å²) in [5, 5.41) is 4.74. The van der Waals surface area contributed by atoms with E-state index in [0.29, 0.717) is 5.69 Å². The number of furan rings is 1. The zero-order valence-corrected chi connectivity index (χ0v) is 14.7. The third-order valence-electron chi connectivity index (χ3n) is 4.61. The van der Waals surface area contributed by atoms with Gasteiger partial charge in [0, 0.05) is 5.56 Å². The normalized spacial score (nSPS) is 14.4. The van der Waals surface area contributed by atoms with Gasteiger partial charge in [0.25, 0.3) is 5.91 Å². The van der Waals surface area contributed by atoms with Crippen LogP contribution in [0.5, 0.6) is 0 Å². The first-order valence-electron chi connectivity index (χ1n) is 8.83. The number of nitrogens with two attached hydrogens (primary N) is 1. The highest BCUT2D eigenvalue weighted by Crippen LogP contribution is 2.28. The number of amides is 2. The van der Waals surface area contributed by atoms with Gasteiger partial charge in [0.1, 0.15) is 6.54 Å². The maximum Gasteiger partial charge on any atom is 0.282 e. The molecule has 3 N–H and O–H groups in total. The fourth-order valence-corrected chi connectivity index (χ4v) is 3.33. The topological polar surface area (TPSA) is 79.2 Å². The van der Waals surface area contributed by atoms with Crippen LogP contribution in [0.15, 0.2) is 77.4 Å². The van der Waals surface area contributed by atoms with Crippen molar-refractivity contribution in [1.82, 2.24) is 0 Å². The number of nitrogens with one attached hydrogen (secondary N) is 1. The SMILES string of the molecule is O=C1CN(C(=O)C[NH2+][C@@H](c2ccccc2)c2ccco2)c2ccccc2N1. The van der Waals surface area contributed by atoms with Crippen LogP contribution in [0.3, 0.4) is 0 Å². The molecule has 3 aromatic rings. The Morgan fingerprint density at radius 3 is 2.63 bits per heavy atom. The number of fused-ring (bicyclic) bond motifs is 1. The van der Waals surface area contributed by atoms with Gasteiger partial charge in [0.15, 0.2) is 18.3 Å². The van der Waals surface area contributed by atoms with Gasteiger partial charge in [0.05, 0.1) is 17.6 Å². The lowest BCUT2D eigenvalue weighted by atomic mass is 10.0. The molecule has 27 heavy (non-hydrogen) atoms. The van der Waals surface area contributed by atoms with Gasteiger partial charge in [-0.3, -0.25) is 14.5 Å². The van der Waals surface area contributed by atoms with Gasteiger partial charge >= 0.3 is 0 Å². The smallest absolute Gasteiger partial charge is 0.282 e. The van der Waals surface area contributed by atoms with Crippen LogP contribution in [-0.4, -0.2) is 24.9 Å². The number of benzene rings is 2. The van der Waals surface area contributed by atoms with Crippen LogP contribution in [0.1, 0.15) is 17.4 Å². The molecule has 0 spiro atoms. The third kappa shape index (κ3) is 3.61. The summed E-state index contributed by atoms with van der Waals surface area (Å²) in [5.41, 5.74) is 2.44. The first-order chi connectivity index (χ1) is 13.2. The lowest BCUT2D eigenvalue weighted by Crippen LogP contribution is -2.88. The number of anilines is 2. The fourth-order valence-electron chi connectivity index (χ4n) is 3.33. The highest BCUT2D eigenvalue weighted by atomic mass is 16.3. The van der Waals surface area contributed by atoms with Crippen molar-refractivity contribution in [3.05, 3.63) is 84.3 Å². The fraction of sp³-hybridized carbons (Fsp3) is 0.143. The molecule has 1 atom stereocenters. The monoisotopic (exact) mass is 362 g/mol. The van der Waals surface area contributed by atoms with E-state index in [2.05, 4.69) is 5.32 Å². The Bertz CT molecular complexity index is 938. The third-order valence-corrected chi connectivity index (χ3v) is 4.61. The Balaban J connectivity index is 1.53. The molecule has 136 valence electrons.